The zero-order chi connectivity index (χ0) is 13.1. The van der Waals surface area contributed by atoms with E-state index in [1.54, 1.807) is 0 Å². The third-order valence-electron chi connectivity index (χ3n) is 3.37. The Kier molecular flexibility index (Phi) is 3.65. The number of rotatable bonds is 3. The van der Waals surface area contributed by atoms with Crippen LogP contribution in [0.4, 0.5) is 0 Å². The van der Waals surface area contributed by atoms with Crippen molar-refractivity contribution < 1.29 is 0 Å². The number of benzene rings is 3. The Hall–Kier alpha value is -1.60. The molecule has 0 radical (unpaired) electrons. The lowest BCUT2D eigenvalue weighted by Gasteiger charge is -2.07. The van der Waals surface area contributed by atoms with Crippen LogP contribution in [0.15, 0.2) is 60.7 Å². The highest BCUT2D eigenvalue weighted by Crippen LogP contribution is 2.29. The van der Waals surface area contributed by atoms with Gasteiger partial charge in [0.1, 0.15) is 0 Å². The van der Waals surface area contributed by atoms with Crippen LogP contribution in [0.5, 0.6) is 0 Å². The highest BCUT2D eigenvalue weighted by atomic mass is 79.9. The van der Waals surface area contributed by atoms with Crippen molar-refractivity contribution in [2.45, 2.75) is 6.42 Å². The Labute approximate surface area is 121 Å². The highest BCUT2D eigenvalue weighted by molar-refractivity contribution is 9.09. The molecule has 0 N–H and O–H groups in total. The highest BCUT2D eigenvalue weighted by Gasteiger charge is 2.03. The van der Waals surface area contributed by atoms with Gasteiger partial charge in [0.25, 0.3) is 0 Å². The largest absolute Gasteiger partial charge is 0.0925 e. The van der Waals surface area contributed by atoms with E-state index in [0.29, 0.717) is 0 Å². The summed E-state index contributed by atoms with van der Waals surface area (Å²) < 4.78 is 0. The number of alkyl halides is 1. The van der Waals surface area contributed by atoms with Gasteiger partial charge in [0, 0.05) is 5.33 Å². The third kappa shape index (κ3) is 2.43. The Balaban J connectivity index is 2.29. The molecule has 0 spiro atoms. The summed E-state index contributed by atoms with van der Waals surface area (Å²) >= 11 is 3.46. The molecule has 0 amide bonds. The topological polar surface area (TPSA) is 0 Å². The lowest BCUT2D eigenvalue weighted by molar-refractivity contribution is 1.27. The van der Waals surface area contributed by atoms with Crippen LogP contribution in [0.25, 0.3) is 27.6 Å². The average Bonchev–Trinajstić information content (AvgIpc) is 2.47. The van der Waals surface area contributed by atoms with E-state index in [9.17, 15) is 0 Å². The fourth-order valence-electron chi connectivity index (χ4n) is 2.49. The fourth-order valence-corrected chi connectivity index (χ4v) is 2.76. The maximum atomic E-state index is 3.46. The first-order chi connectivity index (χ1) is 9.40. The second-order valence-electron chi connectivity index (χ2n) is 4.61. The molecule has 0 atom stereocenters. The van der Waals surface area contributed by atoms with Gasteiger partial charge in [-0.3, -0.25) is 0 Å². The predicted octanol–water partition coefficient (Wildman–Crippen LogP) is 5.79. The van der Waals surface area contributed by atoms with E-state index in [1.807, 2.05) is 0 Å². The molecule has 0 saturated heterocycles. The van der Waals surface area contributed by atoms with Crippen LogP contribution in [-0.4, -0.2) is 5.33 Å². The van der Waals surface area contributed by atoms with Gasteiger partial charge in [-0.25, -0.2) is 0 Å². The second kappa shape index (κ2) is 5.58. The minimum atomic E-state index is 1.01. The quantitative estimate of drug-likeness (QED) is 0.424. The van der Waals surface area contributed by atoms with Gasteiger partial charge in [0.2, 0.25) is 0 Å². The van der Waals surface area contributed by atoms with Gasteiger partial charge in [0.05, 0.1) is 0 Å². The van der Waals surface area contributed by atoms with E-state index in [1.165, 1.54) is 27.1 Å². The predicted molar refractivity (Wildman–Crippen MR) is 88.9 cm³/mol. The van der Waals surface area contributed by atoms with E-state index in [0.717, 1.165) is 11.8 Å². The molecule has 3 aromatic carbocycles. The van der Waals surface area contributed by atoms with Gasteiger partial charge < -0.3 is 0 Å². The normalized spacial score (nSPS) is 11.6. The minimum Gasteiger partial charge on any atom is -0.0925 e. The molecule has 0 aliphatic rings. The molecule has 19 heavy (non-hydrogen) atoms. The van der Waals surface area contributed by atoms with Gasteiger partial charge in [0.15, 0.2) is 0 Å². The summed E-state index contributed by atoms with van der Waals surface area (Å²) in [5, 5.41) is 6.30. The summed E-state index contributed by atoms with van der Waals surface area (Å²) in [6.45, 7) is 0. The zero-order valence-corrected chi connectivity index (χ0v) is 12.2. The first-order valence-corrected chi connectivity index (χ1v) is 7.65. The van der Waals surface area contributed by atoms with Crippen molar-refractivity contribution in [2.75, 3.05) is 5.33 Å². The summed E-state index contributed by atoms with van der Waals surface area (Å²) in [6, 6.07) is 19.5. The van der Waals surface area contributed by atoms with Crippen LogP contribution in [0, 0.1) is 0 Å². The number of hydrogen-bond donors (Lipinski definition) is 0. The number of allylic oxidation sites excluding steroid dienone is 1. The monoisotopic (exact) mass is 310 g/mol. The minimum absolute atomic E-state index is 1.01. The van der Waals surface area contributed by atoms with Gasteiger partial charge in [-0.2, -0.15) is 0 Å². The van der Waals surface area contributed by atoms with Crippen molar-refractivity contribution in [1.82, 2.24) is 0 Å². The van der Waals surface area contributed by atoms with Crippen molar-refractivity contribution in [3.8, 4) is 0 Å². The molecule has 3 rings (SSSR count). The third-order valence-corrected chi connectivity index (χ3v) is 3.83. The molecule has 0 fully saturated rings. The van der Waals surface area contributed by atoms with Crippen LogP contribution in [0.3, 0.4) is 0 Å². The van der Waals surface area contributed by atoms with Crippen LogP contribution >= 0.6 is 15.9 Å². The molecule has 0 unspecified atom stereocenters. The number of hydrogen-bond acceptors (Lipinski definition) is 0. The maximum absolute atomic E-state index is 3.46. The Morgan fingerprint density at radius 2 is 1.53 bits per heavy atom. The van der Waals surface area contributed by atoms with E-state index < -0.39 is 0 Å². The van der Waals surface area contributed by atoms with E-state index in [-0.39, 0.29) is 0 Å². The Morgan fingerprint density at radius 1 is 0.842 bits per heavy atom. The first kappa shape index (κ1) is 12.4. The van der Waals surface area contributed by atoms with Crippen LogP contribution in [-0.2, 0) is 0 Å². The van der Waals surface area contributed by atoms with Gasteiger partial charge in [-0.1, -0.05) is 76.6 Å². The molecule has 94 valence electrons. The van der Waals surface area contributed by atoms with Crippen LogP contribution < -0.4 is 0 Å². The van der Waals surface area contributed by atoms with Crippen molar-refractivity contribution in [3.63, 3.8) is 0 Å². The number of fused-ring (bicyclic) bond motifs is 3. The van der Waals surface area contributed by atoms with Crippen molar-refractivity contribution in [3.05, 3.63) is 66.2 Å². The summed E-state index contributed by atoms with van der Waals surface area (Å²) in [4.78, 5) is 0. The standard InChI is InChI=1S/C18H15Br/c19-12-6-5-8-15-13-14-7-1-2-9-16(14)18-11-4-3-10-17(15)18/h1-5,7-11,13H,6,12H2. The second-order valence-corrected chi connectivity index (χ2v) is 5.41. The summed E-state index contributed by atoms with van der Waals surface area (Å²) in [5.41, 5.74) is 1.30. The Morgan fingerprint density at radius 3 is 2.32 bits per heavy atom. The zero-order valence-electron chi connectivity index (χ0n) is 10.6. The van der Waals surface area contributed by atoms with Gasteiger partial charge in [-0.05, 0) is 39.6 Å². The van der Waals surface area contributed by atoms with Crippen LogP contribution in [0.2, 0.25) is 0 Å². The maximum Gasteiger partial charge on any atom is 0.00660 e. The molecular weight excluding hydrogens is 296 g/mol. The van der Waals surface area contributed by atoms with Crippen molar-refractivity contribution >= 4 is 43.6 Å². The SMILES string of the molecule is BrCCC=Cc1cc2ccccc2c2ccccc12. The molecule has 0 aliphatic heterocycles. The summed E-state index contributed by atoms with van der Waals surface area (Å²) in [6.07, 6.45) is 5.52. The van der Waals surface area contributed by atoms with Gasteiger partial charge in [-0.15, -0.1) is 0 Å². The fraction of sp³-hybridized carbons (Fsp3) is 0.111. The molecule has 0 heterocycles. The molecule has 0 saturated carbocycles. The molecule has 1 heteroatoms. The first-order valence-electron chi connectivity index (χ1n) is 6.53. The molecule has 3 aromatic rings. The van der Waals surface area contributed by atoms with E-state index in [2.05, 4.69) is 82.7 Å². The average molecular weight is 311 g/mol. The lowest BCUT2D eigenvalue weighted by Crippen LogP contribution is -1.82. The molecule has 0 aliphatic carbocycles. The smallest absolute Gasteiger partial charge is 0.00660 e. The molecule has 0 nitrogen and oxygen atoms in total. The van der Waals surface area contributed by atoms with E-state index >= 15 is 0 Å². The van der Waals surface area contributed by atoms with Gasteiger partial charge >= 0.3 is 0 Å². The van der Waals surface area contributed by atoms with Crippen LogP contribution in [0.1, 0.15) is 12.0 Å². The summed E-state index contributed by atoms with van der Waals surface area (Å²) in [7, 11) is 0. The summed E-state index contributed by atoms with van der Waals surface area (Å²) in [5.74, 6) is 0. The van der Waals surface area contributed by atoms with Crippen molar-refractivity contribution in [2.24, 2.45) is 0 Å². The molecule has 0 bridgehead atoms. The molecular formula is C18H15Br. The Bertz CT molecular complexity index is 741. The number of halogens is 1. The lowest BCUT2D eigenvalue weighted by atomic mass is 9.97. The van der Waals surface area contributed by atoms with E-state index in [4.69, 9.17) is 0 Å². The molecule has 0 aromatic heterocycles. The van der Waals surface area contributed by atoms with Crippen molar-refractivity contribution in [1.29, 1.82) is 0 Å².